The van der Waals surface area contributed by atoms with Gasteiger partial charge in [0.25, 0.3) is 0 Å². The van der Waals surface area contributed by atoms with Gasteiger partial charge in [-0.15, -0.1) is 0 Å². The molecule has 0 atom stereocenters. The quantitative estimate of drug-likeness (QED) is 0.184. The number of benzene rings is 7. The Bertz CT molecular complexity index is 2560. The second-order valence-electron chi connectivity index (χ2n) is 12.1. The summed E-state index contributed by atoms with van der Waals surface area (Å²) in [6.45, 7) is 0. The molecule has 0 fully saturated rings. The van der Waals surface area contributed by atoms with Crippen LogP contribution in [-0.4, -0.2) is 15.0 Å². The van der Waals surface area contributed by atoms with Gasteiger partial charge in [-0.05, 0) is 51.6 Å². The van der Waals surface area contributed by atoms with Gasteiger partial charge in [-0.3, -0.25) is 0 Å². The van der Waals surface area contributed by atoms with Crippen LogP contribution in [0, 0.1) is 0 Å². The Balaban J connectivity index is 1.10. The number of hydrogen-bond donors (Lipinski definition) is 0. The number of hydrogen-bond acceptors (Lipinski definition) is 4. The SMILES string of the molecule is c1ccc(-c2ccc(-c3ccc(-c4nc(-c5ccccc5)nc(-c5ccc6c(c5)oc5cccc(-c7ccccc7)c56)n4)cc3)cc2)cc1. The number of furan rings is 1. The van der Waals surface area contributed by atoms with Gasteiger partial charge in [0.2, 0.25) is 0 Å². The monoisotopic (exact) mass is 627 g/mol. The molecule has 9 aromatic rings. The molecule has 0 saturated carbocycles. The molecule has 0 spiro atoms. The third-order valence-corrected chi connectivity index (χ3v) is 8.98. The standard InChI is InChI=1S/C45H29N3O/c1-4-11-30(12-5-1)31-19-21-32(22-20-31)33-23-25-36(26-24-33)44-46-43(35-15-8-3-9-16-35)47-45(48-44)37-27-28-39-41(29-37)49-40-18-10-17-38(42(39)40)34-13-6-2-7-14-34/h1-29H. The van der Waals surface area contributed by atoms with Crippen LogP contribution in [0.3, 0.4) is 0 Å². The Hall–Kier alpha value is -6.65. The second kappa shape index (κ2) is 12.2. The molecule has 2 heterocycles. The first-order chi connectivity index (χ1) is 24.3. The Morgan fingerprint density at radius 3 is 1.31 bits per heavy atom. The van der Waals surface area contributed by atoms with Crippen molar-refractivity contribution in [3.8, 4) is 67.5 Å². The van der Waals surface area contributed by atoms with E-state index in [1.165, 1.54) is 11.1 Å². The molecule has 4 heteroatoms. The summed E-state index contributed by atoms with van der Waals surface area (Å²) in [6.07, 6.45) is 0. The smallest absolute Gasteiger partial charge is 0.164 e. The summed E-state index contributed by atoms with van der Waals surface area (Å²) in [5, 5.41) is 2.16. The Morgan fingerprint density at radius 2 is 0.735 bits per heavy atom. The maximum Gasteiger partial charge on any atom is 0.164 e. The first-order valence-electron chi connectivity index (χ1n) is 16.4. The Labute approximate surface area is 284 Å². The summed E-state index contributed by atoms with van der Waals surface area (Å²) in [5.41, 5.74) is 11.4. The maximum absolute atomic E-state index is 6.42. The maximum atomic E-state index is 6.42. The van der Waals surface area contributed by atoms with Crippen LogP contribution in [0.2, 0.25) is 0 Å². The van der Waals surface area contributed by atoms with Gasteiger partial charge in [-0.25, -0.2) is 15.0 Å². The van der Waals surface area contributed by atoms with Crippen LogP contribution in [0.4, 0.5) is 0 Å². The molecule has 0 aliphatic heterocycles. The van der Waals surface area contributed by atoms with Crippen LogP contribution in [0.5, 0.6) is 0 Å². The van der Waals surface area contributed by atoms with E-state index in [0.717, 1.165) is 60.9 Å². The van der Waals surface area contributed by atoms with Gasteiger partial charge in [-0.1, -0.05) is 158 Å². The van der Waals surface area contributed by atoms with Crippen LogP contribution in [-0.2, 0) is 0 Å². The lowest BCUT2D eigenvalue weighted by Gasteiger charge is -2.09. The zero-order valence-corrected chi connectivity index (χ0v) is 26.5. The molecule has 0 aliphatic rings. The molecular formula is C45H29N3O. The molecular weight excluding hydrogens is 599 g/mol. The number of aromatic nitrogens is 3. The van der Waals surface area contributed by atoms with Crippen LogP contribution in [0.1, 0.15) is 0 Å². The molecule has 9 rings (SSSR count). The summed E-state index contributed by atoms with van der Waals surface area (Å²) in [4.78, 5) is 14.9. The summed E-state index contributed by atoms with van der Waals surface area (Å²) in [6, 6.07) is 60.5. The molecule has 0 bridgehead atoms. The van der Waals surface area contributed by atoms with E-state index in [2.05, 4.69) is 115 Å². The first kappa shape index (κ1) is 28.6. The third-order valence-electron chi connectivity index (χ3n) is 8.98. The van der Waals surface area contributed by atoms with Crippen LogP contribution in [0.15, 0.2) is 180 Å². The van der Waals surface area contributed by atoms with E-state index in [0.29, 0.717) is 17.5 Å². The molecule has 230 valence electrons. The van der Waals surface area contributed by atoms with E-state index in [-0.39, 0.29) is 0 Å². The fraction of sp³-hybridized carbons (Fsp3) is 0. The fourth-order valence-corrected chi connectivity index (χ4v) is 6.47. The van der Waals surface area contributed by atoms with E-state index >= 15 is 0 Å². The van der Waals surface area contributed by atoms with Gasteiger partial charge in [0, 0.05) is 27.5 Å². The van der Waals surface area contributed by atoms with E-state index in [9.17, 15) is 0 Å². The normalized spacial score (nSPS) is 11.3. The van der Waals surface area contributed by atoms with Crippen molar-refractivity contribution in [2.24, 2.45) is 0 Å². The van der Waals surface area contributed by atoms with Gasteiger partial charge in [0.05, 0.1) is 0 Å². The van der Waals surface area contributed by atoms with Crippen LogP contribution < -0.4 is 0 Å². The molecule has 0 unspecified atom stereocenters. The van der Waals surface area contributed by atoms with Crippen molar-refractivity contribution in [3.05, 3.63) is 176 Å². The molecule has 0 saturated heterocycles. The van der Waals surface area contributed by atoms with Crippen molar-refractivity contribution in [1.29, 1.82) is 0 Å². The van der Waals surface area contributed by atoms with Gasteiger partial charge >= 0.3 is 0 Å². The average molecular weight is 628 g/mol. The molecule has 0 amide bonds. The summed E-state index contributed by atoms with van der Waals surface area (Å²) in [7, 11) is 0. The van der Waals surface area contributed by atoms with Crippen molar-refractivity contribution in [2.75, 3.05) is 0 Å². The lowest BCUT2D eigenvalue weighted by atomic mass is 9.99. The minimum Gasteiger partial charge on any atom is -0.456 e. The van der Waals surface area contributed by atoms with Gasteiger partial charge in [0.15, 0.2) is 17.5 Å². The van der Waals surface area contributed by atoms with Gasteiger partial charge < -0.3 is 4.42 Å². The molecule has 0 aliphatic carbocycles. The van der Waals surface area contributed by atoms with E-state index in [4.69, 9.17) is 19.4 Å². The topological polar surface area (TPSA) is 51.8 Å². The van der Waals surface area contributed by atoms with Crippen molar-refractivity contribution in [1.82, 2.24) is 15.0 Å². The largest absolute Gasteiger partial charge is 0.456 e. The highest BCUT2D eigenvalue weighted by Gasteiger charge is 2.16. The Morgan fingerprint density at radius 1 is 0.306 bits per heavy atom. The molecule has 2 aromatic heterocycles. The predicted molar refractivity (Wildman–Crippen MR) is 200 cm³/mol. The van der Waals surface area contributed by atoms with E-state index < -0.39 is 0 Å². The van der Waals surface area contributed by atoms with E-state index in [1.807, 2.05) is 60.7 Å². The lowest BCUT2D eigenvalue weighted by Crippen LogP contribution is -2.00. The molecule has 4 nitrogen and oxygen atoms in total. The summed E-state index contributed by atoms with van der Waals surface area (Å²) < 4.78 is 6.42. The Kier molecular flexibility index (Phi) is 7.10. The highest BCUT2D eigenvalue weighted by molar-refractivity contribution is 6.13. The molecule has 49 heavy (non-hydrogen) atoms. The summed E-state index contributed by atoms with van der Waals surface area (Å²) >= 11 is 0. The highest BCUT2D eigenvalue weighted by atomic mass is 16.3. The lowest BCUT2D eigenvalue weighted by molar-refractivity contribution is 0.669. The van der Waals surface area contributed by atoms with E-state index in [1.54, 1.807) is 0 Å². The number of nitrogens with zero attached hydrogens (tertiary/aromatic N) is 3. The summed E-state index contributed by atoms with van der Waals surface area (Å²) in [5.74, 6) is 1.83. The zero-order valence-electron chi connectivity index (χ0n) is 26.5. The first-order valence-corrected chi connectivity index (χ1v) is 16.4. The predicted octanol–water partition coefficient (Wildman–Crippen LogP) is 11.8. The molecule has 7 aromatic carbocycles. The van der Waals surface area contributed by atoms with Crippen molar-refractivity contribution in [2.45, 2.75) is 0 Å². The highest BCUT2D eigenvalue weighted by Crippen LogP contribution is 2.38. The van der Waals surface area contributed by atoms with Crippen molar-refractivity contribution < 1.29 is 4.42 Å². The minimum atomic E-state index is 0.593. The van der Waals surface area contributed by atoms with Crippen molar-refractivity contribution >= 4 is 21.9 Å². The van der Waals surface area contributed by atoms with Crippen LogP contribution in [0.25, 0.3) is 89.5 Å². The van der Waals surface area contributed by atoms with Crippen molar-refractivity contribution in [3.63, 3.8) is 0 Å². The van der Waals surface area contributed by atoms with Gasteiger partial charge in [-0.2, -0.15) is 0 Å². The number of rotatable bonds is 6. The second-order valence-corrected chi connectivity index (χ2v) is 12.1. The molecule has 0 N–H and O–H groups in total. The van der Waals surface area contributed by atoms with Gasteiger partial charge in [0.1, 0.15) is 11.2 Å². The fourth-order valence-electron chi connectivity index (χ4n) is 6.47. The number of fused-ring (bicyclic) bond motifs is 3. The minimum absolute atomic E-state index is 0.593. The zero-order chi connectivity index (χ0) is 32.6. The average Bonchev–Trinajstić information content (AvgIpc) is 3.57. The van der Waals surface area contributed by atoms with Crippen LogP contribution >= 0.6 is 0 Å². The third kappa shape index (κ3) is 5.45. The molecule has 0 radical (unpaired) electrons.